The first-order chi connectivity index (χ1) is 10.8. The maximum Gasteiger partial charge on any atom is 0.408 e. The molecule has 2 aromatic heterocycles. The smallest absolute Gasteiger partial charge is 0.340 e. The molecule has 1 saturated carbocycles. The minimum Gasteiger partial charge on any atom is -0.340 e. The zero-order valence-corrected chi connectivity index (χ0v) is 12.1. The van der Waals surface area contributed by atoms with Gasteiger partial charge in [0.05, 0.1) is 6.20 Å². The molecule has 23 heavy (non-hydrogen) atoms. The number of aryl methyl sites for hydroxylation is 1. The highest BCUT2D eigenvalue weighted by Crippen LogP contribution is 2.40. The second kappa shape index (κ2) is 5.22. The van der Waals surface area contributed by atoms with Crippen LogP contribution in [0.5, 0.6) is 0 Å². The fourth-order valence-electron chi connectivity index (χ4n) is 2.45. The summed E-state index contributed by atoms with van der Waals surface area (Å²) in [6.07, 6.45) is -2.46. The summed E-state index contributed by atoms with van der Waals surface area (Å²) in [5.74, 6) is -1.47. The molecule has 1 fully saturated rings. The molecule has 0 radical (unpaired) electrons. The van der Waals surface area contributed by atoms with Gasteiger partial charge in [-0.1, -0.05) is 0 Å². The molecular weight excluding hydrogens is 311 g/mol. The largest absolute Gasteiger partial charge is 0.408 e. The van der Waals surface area contributed by atoms with Crippen LogP contribution in [0.2, 0.25) is 0 Å². The Morgan fingerprint density at radius 2 is 2.22 bits per heavy atom. The summed E-state index contributed by atoms with van der Waals surface area (Å²) in [6.45, 7) is 1.66. The Hall–Kier alpha value is -2.63. The number of aromatic nitrogens is 3. The molecule has 0 spiro atoms. The monoisotopic (exact) mass is 323 g/mol. The summed E-state index contributed by atoms with van der Waals surface area (Å²) in [6, 6.07) is 1.45. The zero-order chi connectivity index (χ0) is 16.8. The lowest BCUT2D eigenvalue weighted by Gasteiger charge is -2.20. The summed E-state index contributed by atoms with van der Waals surface area (Å²) in [7, 11) is 0. The Balaban J connectivity index is 1.95. The van der Waals surface area contributed by atoms with Gasteiger partial charge in [-0.3, -0.25) is 4.79 Å². The maximum absolute atomic E-state index is 13.0. The van der Waals surface area contributed by atoms with Gasteiger partial charge in [0.2, 0.25) is 0 Å². The first kappa shape index (κ1) is 15.3. The molecule has 1 aliphatic carbocycles. The number of nitrogens with one attached hydrogen (secondary N) is 1. The van der Waals surface area contributed by atoms with Gasteiger partial charge in [0, 0.05) is 5.69 Å². The van der Waals surface area contributed by atoms with Gasteiger partial charge in [-0.05, 0) is 31.7 Å². The number of hydrogen-bond donors (Lipinski definition) is 1. The third-order valence-electron chi connectivity index (χ3n) is 3.74. The van der Waals surface area contributed by atoms with E-state index in [2.05, 4.69) is 10.1 Å². The standard InChI is InChI=1S/C14H12F3N5O/c1-7-4-9(5-18)20-12-10(6-19-22(7)12)13(23)21-11(8-2-3-8)14(15,16)17/h4,6,8,11H,2-3H2,1H3,(H,21,23)/t11-/m0/s1. The van der Waals surface area contributed by atoms with Crippen LogP contribution in [0, 0.1) is 24.2 Å². The highest BCUT2D eigenvalue weighted by Gasteiger charge is 2.49. The molecule has 6 nitrogen and oxygen atoms in total. The molecule has 1 N–H and O–H groups in total. The molecule has 0 unspecified atom stereocenters. The van der Waals surface area contributed by atoms with E-state index in [1.54, 1.807) is 6.92 Å². The molecule has 9 heteroatoms. The van der Waals surface area contributed by atoms with Crippen molar-refractivity contribution in [2.45, 2.75) is 32.0 Å². The minimum atomic E-state index is -4.50. The summed E-state index contributed by atoms with van der Waals surface area (Å²) in [4.78, 5) is 16.2. The molecule has 0 saturated heterocycles. The molecule has 0 aromatic carbocycles. The number of carbonyl (C=O) groups excluding carboxylic acids is 1. The van der Waals surface area contributed by atoms with E-state index < -0.39 is 24.0 Å². The molecule has 0 bridgehead atoms. The van der Waals surface area contributed by atoms with Crippen LogP contribution >= 0.6 is 0 Å². The van der Waals surface area contributed by atoms with E-state index in [1.807, 2.05) is 11.4 Å². The Morgan fingerprint density at radius 3 is 2.78 bits per heavy atom. The van der Waals surface area contributed by atoms with Gasteiger partial charge in [0.1, 0.15) is 23.4 Å². The number of hydrogen-bond acceptors (Lipinski definition) is 4. The summed E-state index contributed by atoms with van der Waals surface area (Å²) < 4.78 is 40.4. The van der Waals surface area contributed by atoms with E-state index in [0.717, 1.165) is 6.20 Å². The van der Waals surface area contributed by atoms with Crippen molar-refractivity contribution in [1.82, 2.24) is 19.9 Å². The van der Waals surface area contributed by atoms with Gasteiger partial charge in [-0.25, -0.2) is 9.50 Å². The van der Waals surface area contributed by atoms with Crippen LogP contribution in [0.3, 0.4) is 0 Å². The van der Waals surface area contributed by atoms with Crippen molar-refractivity contribution in [3.8, 4) is 6.07 Å². The van der Waals surface area contributed by atoms with Gasteiger partial charge in [0.25, 0.3) is 5.91 Å². The van der Waals surface area contributed by atoms with Gasteiger partial charge in [-0.15, -0.1) is 0 Å². The number of amides is 1. The SMILES string of the molecule is Cc1cc(C#N)nc2c(C(=O)N[C@@H](C3CC3)C(F)(F)F)cnn12. The normalized spacial score (nSPS) is 16.1. The van der Waals surface area contributed by atoms with Crippen molar-refractivity contribution >= 4 is 11.6 Å². The van der Waals surface area contributed by atoms with Crippen molar-refractivity contribution in [3.05, 3.63) is 29.2 Å². The van der Waals surface area contributed by atoms with E-state index in [4.69, 9.17) is 5.26 Å². The van der Waals surface area contributed by atoms with Crippen LogP contribution in [0.15, 0.2) is 12.3 Å². The number of rotatable bonds is 3. The lowest BCUT2D eigenvalue weighted by atomic mass is 10.1. The maximum atomic E-state index is 13.0. The fourth-order valence-corrected chi connectivity index (χ4v) is 2.45. The number of fused-ring (bicyclic) bond motifs is 1. The third-order valence-corrected chi connectivity index (χ3v) is 3.74. The van der Waals surface area contributed by atoms with Crippen molar-refractivity contribution in [1.29, 1.82) is 5.26 Å². The van der Waals surface area contributed by atoms with Crippen molar-refractivity contribution in [3.63, 3.8) is 0 Å². The average Bonchev–Trinajstić information content (AvgIpc) is 3.21. The van der Waals surface area contributed by atoms with Crippen LogP contribution in [0.1, 0.15) is 34.6 Å². The first-order valence-corrected chi connectivity index (χ1v) is 6.94. The van der Waals surface area contributed by atoms with E-state index in [0.29, 0.717) is 18.5 Å². The van der Waals surface area contributed by atoms with Crippen LogP contribution in [-0.4, -0.2) is 32.7 Å². The Labute approximate surface area is 128 Å². The highest BCUT2D eigenvalue weighted by atomic mass is 19.4. The number of carbonyl (C=O) groups is 1. The quantitative estimate of drug-likeness (QED) is 0.936. The predicted molar refractivity (Wildman–Crippen MR) is 72.5 cm³/mol. The number of alkyl halides is 3. The van der Waals surface area contributed by atoms with E-state index >= 15 is 0 Å². The van der Waals surface area contributed by atoms with Gasteiger partial charge >= 0.3 is 6.18 Å². The number of nitrogens with zero attached hydrogens (tertiary/aromatic N) is 4. The molecule has 2 aromatic rings. The van der Waals surface area contributed by atoms with Crippen molar-refractivity contribution in [2.24, 2.45) is 5.92 Å². The van der Waals surface area contributed by atoms with Crippen molar-refractivity contribution in [2.75, 3.05) is 0 Å². The van der Waals surface area contributed by atoms with Crippen LogP contribution in [0.4, 0.5) is 13.2 Å². The summed E-state index contributed by atoms with van der Waals surface area (Å²) in [5.41, 5.74) is 0.607. The van der Waals surface area contributed by atoms with Crippen LogP contribution < -0.4 is 5.32 Å². The molecule has 1 amide bonds. The molecule has 3 rings (SSSR count). The van der Waals surface area contributed by atoms with Crippen molar-refractivity contribution < 1.29 is 18.0 Å². The first-order valence-electron chi connectivity index (χ1n) is 6.94. The number of nitriles is 1. The Morgan fingerprint density at radius 1 is 1.52 bits per heavy atom. The predicted octanol–water partition coefficient (Wildman–Crippen LogP) is 1.98. The summed E-state index contributed by atoms with van der Waals surface area (Å²) in [5, 5.41) is 14.9. The van der Waals surface area contributed by atoms with Gasteiger partial charge < -0.3 is 5.32 Å². The molecular formula is C14H12F3N5O. The Kier molecular flexibility index (Phi) is 3.47. The molecule has 2 heterocycles. The third kappa shape index (κ3) is 2.84. The second-order valence-corrected chi connectivity index (χ2v) is 5.52. The molecule has 0 aliphatic heterocycles. The molecule has 120 valence electrons. The molecule has 1 atom stereocenters. The van der Waals surface area contributed by atoms with Gasteiger partial charge in [-0.2, -0.15) is 23.5 Å². The average molecular weight is 323 g/mol. The lowest BCUT2D eigenvalue weighted by molar-refractivity contribution is -0.158. The molecule has 1 aliphatic rings. The van der Waals surface area contributed by atoms with E-state index in [9.17, 15) is 18.0 Å². The zero-order valence-electron chi connectivity index (χ0n) is 12.1. The highest BCUT2D eigenvalue weighted by molar-refractivity contribution is 6.00. The van der Waals surface area contributed by atoms with Crippen LogP contribution in [0.25, 0.3) is 5.65 Å². The topological polar surface area (TPSA) is 83.1 Å². The fraction of sp³-hybridized carbons (Fsp3) is 0.429. The Bertz CT molecular complexity index is 816. The van der Waals surface area contributed by atoms with E-state index in [-0.39, 0.29) is 16.9 Å². The van der Waals surface area contributed by atoms with Gasteiger partial charge in [0.15, 0.2) is 5.65 Å². The number of halogens is 3. The summed E-state index contributed by atoms with van der Waals surface area (Å²) >= 11 is 0. The minimum absolute atomic E-state index is 0.0655. The lowest BCUT2D eigenvalue weighted by Crippen LogP contribution is -2.46. The second-order valence-electron chi connectivity index (χ2n) is 5.52. The van der Waals surface area contributed by atoms with Crippen LogP contribution in [-0.2, 0) is 0 Å². The van der Waals surface area contributed by atoms with E-state index in [1.165, 1.54) is 10.6 Å².